The molecular weight excluding hydrogens is 420 g/mol. The van der Waals surface area contributed by atoms with Crippen molar-refractivity contribution in [3.05, 3.63) is 47.7 Å². The van der Waals surface area contributed by atoms with Crippen LogP contribution >= 0.6 is 0 Å². The minimum Gasteiger partial charge on any atom is -0.493 e. The Labute approximate surface area is 194 Å². The molecule has 1 N–H and O–H groups in total. The number of anilines is 1. The van der Waals surface area contributed by atoms with E-state index < -0.39 is 6.09 Å². The van der Waals surface area contributed by atoms with Crippen molar-refractivity contribution in [1.29, 1.82) is 0 Å². The van der Waals surface area contributed by atoms with Gasteiger partial charge in [0.25, 0.3) is 0 Å². The van der Waals surface area contributed by atoms with Crippen molar-refractivity contribution in [1.82, 2.24) is 4.98 Å². The maximum Gasteiger partial charge on any atom is 0.411 e. The topological polar surface area (TPSA) is 78.9 Å². The summed E-state index contributed by atoms with van der Waals surface area (Å²) in [4.78, 5) is 16.7. The first-order valence-electron chi connectivity index (χ1n) is 10.6. The van der Waals surface area contributed by atoms with E-state index in [9.17, 15) is 4.79 Å². The molecule has 1 heterocycles. The monoisotopic (exact) mass is 448 g/mol. The third-order valence-corrected chi connectivity index (χ3v) is 5.26. The Morgan fingerprint density at radius 2 is 1.79 bits per heavy atom. The number of carbonyl (C=O) groups excluding carboxylic acids is 1. The van der Waals surface area contributed by atoms with Crippen molar-refractivity contribution in [3.63, 3.8) is 0 Å². The Morgan fingerprint density at radius 1 is 1.06 bits per heavy atom. The summed E-state index contributed by atoms with van der Waals surface area (Å²) in [5, 5.41) is 3.59. The Balaban J connectivity index is 1.86. The van der Waals surface area contributed by atoms with Crippen molar-refractivity contribution in [3.8, 4) is 35.3 Å². The number of ether oxygens (including phenoxy) is 4. The van der Waals surface area contributed by atoms with Gasteiger partial charge in [-0.05, 0) is 55.7 Å². The van der Waals surface area contributed by atoms with Crippen molar-refractivity contribution in [2.24, 2.45) is 0 Å². The van der Waals surface area contributed by atoms with Gasteiger partial charge in [-0.3, -0.25) is 10.3 Å². The van der Waals surface area contributed by atoms with Crippen LogP contribution in [-0.4, -0.2) is 31.4 Å². The average molecular weight is 449 g/mol. The lowest BCUT2D eigenvalue weighted by Crippen LogP contribution is -2.22. The molecule has 33 heavy (non-hydrogen) atoms. The molecule has 0 saturated heterocycles. The van der Waals surface area contributed by atoms with Crippen LogP contribution in [0.1, 0.15) is 30.9 Å². The number of aromatic nitrogens is 1. The highest BCUT2D eigenvalue weighted by Crippen LogP contribution is 2.38. The van der Waals surface area contributed by atoms with E-state index in [0.717, 1.165) is 22.0 Å². The fourth-order valence-corrected chi connectivity index (χ4v) is 3.38. The zero-order valence-corrected chi connectivity index (χ0v) is 19.5. The summed E-state index contributed by atoms with van der Waals surface area (Å²) >= 11 is 0. The van der Waals surface area contributed by atoms with E-state index in [0.29, 0.717) is 41.5 Å². The largest absolute Gasteiger partial charge is 0.493 e. The molecule has 3 aromatic rings. The number of pyridine rings is 1. The molecule has 2 aromatic carbocycles. The van der Waals surface area contributed by atoms with Crippen molar-refractivity contribution >= 4 is 22.7 Å². The molecule has 1 aromatic heterocycles. The minimum atomic E-state index is -0.533. The van der Waals surface area contributed by atoms with Gasteiger partial charge in [-0.1, -0.05) is 6.92 Å². The lowest BCUT2D eigenvalue weighted by molar-refractivity contribution is 0.111. The maximum atomic E-state index is 12.3. The van der Waals surface area contributed by atoms with Crippen molar-refractivity contribution < 1.29 is 23.7 Å². The zero-order chi connectivity index (χ0) is 24.0. The van der Waals surface area contributed by atoms with Gasteiger partial charge in [0.2, 0.25) is 0 Å². The second kappa shape index (κ2) is 10.6. The van der Waals surface area contributed by atoms with Crippen molar-refractivity contribution in [2.45, 2.75) is 39.7 Å². The van der Waals surface area contributed by atoms with Gasteiger partial charge in [-0.2, -0.15) is 0 Å². The minimum absolute atomic E-state index is 0.311. The van der Waals surface area contributed by atoms with E-state index in [1.54, 1.807) is 26.5 Å². The zero-order valence-electron chi connectivity index (χ0n) is 19.5. The number of nitrogens with one attached hydrogen (secondary N) is 1. The number of methoxy groups -OCH3 is 2. The van der Waals surface area contributed by atoms with Crippen LogP contribution in [0.3, 0.4) is 0 Å². The van der Waals surface area contributed by atoms with Crippen LogP contribution in [0.5, 0.6) is 23.0 Å². The van der Waals surface area contributed by atoms with Gasteiger partial charge in [0.05, 0.1) is 19.7 Å². The van der Waals surface area contributed by atoms with E-state index in [1.807, 2.05) is 45.0 Å². The summed E-state index contributed by atoms with van der Waals surface area (Å²) in [5.74, 6) is 4.99. The fourth-order valence-electron chi connectivity index (χ4n) is 3.38. The van der Waals surface area contributed by atoms with E-state index in [-0.39, 0.29) is 6.10 Å². The van der Waals surface area contributed by atoms with E-state index in [1.165, 1.54) is 0 Å². The van der Waals surface area contributed by atoms with Gasteiger partial charge in [0, 0.05) is 29.8 Å². The first-order valence-corrected chi connectivity index (χ1v) is 10.6. The van der Waals surface area contributed by atoms with Gasteiger partial charge in [-0.15, -0.1) is 12.3 Å². The summed E-state index contributed by atoms with van der Waals surface area (Å²) in [6.07, 6.45) is 7.20. The summed E-state index contributed by atoms with van der Waals surface area (Å²) < 4.78 is 22.4. The smallest absolute Gasteiger partial charge is 0.411 e. The normalized spacial score (nSPS) is 11.4. The Bertz CT molecular complexity index is 1200. The van der Waals surface area contributed by atoms with E-state index >= 15 is 0 Å². The lowest BCUT2D eigenvalue weighted by atomic mass is 10.1. The number of fused-ring (bicyclic) bond motifs is 1. The molecule has 1 atom stereocenters. The van der Waals surface area contributed by atoms with Crippen LogP contribution in [-0.2, 0) is 4.74 Å². The van der Waals surface area contributed by atoms with Gasteiger partial charge in [-0.25, -0.2) is 4.79 Å². The molecule has 0 spiro atoms. The molecule has 3 rings (SSSR count). The number of carbonyl (C=O) groups is 1. The van der Waals surface area contributed by atoms with Crippen LogP contribution < -0.4 is 19.5 Å². The predicted molar refractivity (Wildman–Crippen MR) is 128 cm³/mol. The summed E-state index contributed by atoms with van der Waals surface area (Å²) in [5.41, 5.74) is 3.04. The molecule has 0 aliphatic carbocycles. The quantitative estimate of drug-likeness (QED) is 0.425. The third-order valence-electron chi connectivity index (χ3n) is 5.26. The molecule has 0 aliphatic heterocycles. The summed E-state index contributed by atoms with van der Waals surface area (Å²) in [6.45, 7) is 5.72. The highest BCUT2D eigenvalue weighted by molar-refractivity contribution is 5.89. The molecule has 0 radical (unpaired) electrons. The fraction of sp³-hybridized carbons (Fsp3) is 0.308. The first kappa shape index (κ1) is 23.7. The highest BCUT2D eigenvalue weighted by Gasteiger charge is 2.16. The molecule has 0 fully saturated rings. The van der Waals surface area contributed by atoms with Crippen LogP contribution in [0.2, 0.25) is 0 Å². The Kier molecular flexibility index (Phi) is 7.62. The maximum absolute atomic E-state index is 12.3. The molecular formula is C26H28N2O5. The van der Waals surface area contributed by atoms with Gasteiger partial charge < -0.3 is 18.9 Å². The van der Waals surface area contributed by atoms with Crippen LogP contribution in [0, 0.1) is 26.2 Å². The third kappa shape index (κ3) is 5.47. The van der Waals surface area contributed by atoms with Crippen LogP contribution in [0.15, 0.2) is 36.5 Å². The number of rotatable bonds is 8. The molecule has 7 heteroatoms. The second-order valence-corrected chi connectivity index (χ2v) is 7.54. The summed E-state index contributed by atoms with van der Waals surface area (Å²) in [6, 6.07) is 9.16. The summed E-state index contributed by atoms with van der Waals surface area (Å²) in [7, 11) is 3.17. The second-order valence-electron chi connectivity index (χ2n) is 7.54. The molecule has 0 aliphatic rings. The molecule has 0 bridgehead atoms. The molecule has 7 nitrogen and oxygen atoms in total. The van der Waals surface area contributed by atoms with Gasteiger partial charge in [0.15, 0.2) is 11.5 Å². The number of amides is 1. The lowest BCUT2D eigenvalue weighted by Gasteiger charge is -2.17. The molecule has 0 saturated carbocycles. The number of nitrogens with zero attached hydrogens (tertiary/aromatic N) is 1. The average Bonchev–Trinajstić information content (AvgIpc) is 2.81. The number of hydrogen-bond donors (Lipinski definition) is 1. The Morgan fingerprint density at radius 3 is 2.45 bits per heavy atom. The molecule has 172 valence electrons. The van der Waals surface area contributed by atoms with Crippen LogP contribution in [0.25, 0.3) is 10.9 Å². The predicted octanol–water partition coefficient (Wildman–Crippen LogP) is 6.01. The standard InChI is InChI=1S/C26H28N2O5/c1-7-9-18(8-2)32-26(29)28-20-12-17(4)23(13-16(20)3)33-22-10-11-27-21-15-25(31-6)24(30-5)14-19(21)22/h1,10-15,18H,8-9H2,2-6H3,(H,28,29). The van der Waals surface area contributed by atoms with E-state index in [2.05, 4.69) is 16.2 Å². The van der Waals surface area contributed by atoms with Crippen LogP contribution in [0.4, 0.5) is 10.5 Å². The van der Waals surface area contributed by atoms with Gasteiger partial charge >= 0.3 is 6.09 Å². The molecule has 1 unspecified atom stereocenters. The van der Waals surface area contributed by atoms with Crippen molar-refractivity contribution in [2.75, 3.05) is 19.5 Å². The number of hydrogen-bond acceptors (Lipinski definition) is 6. The van der Waals surface area contributed by atoms with E-state index in [4.69, 9.17) is 25.4 Å². The molecule has 1 amide bonds. The highest BCUT2D eigenvalue weighted by atomic mass is 16.6. The number of benzene rings is 2. The van der Waals surface area contributed by atoms with Gasteiger partial charge in [0.1, 0.15) is 17.6 Å². The number of aryl methyl sites for hydroxylation is 2. The first-order chi connectivity index (χ1) is 15.9. The Hall–Kier alpha value is -3.92. The number of terminal acetylenes is 1. The SMILES string of the molecule is C#CCC(CC)OC(=O)Nc1cc(C)c(Oc2ccnc3cc(OC)c(OC)cc23)cc1C.